The maximum atomic E-state index is 14.1. The van der Waals surface area contributed by atoms with E-state index in [4.69, 9.17) is 0 Å². The second-order valence-electron chi connectivity index (χ2n) is 6.39. The molecule has 2 aromatic carbocycles. The van der Waals surface area contributed by atoms with Gasteiger partial charge in [-0.1, -0.05) is 12.1 Å². The lowest BCUT2D eigenvalue weighted by Crippen LogP contribution is -2.30. The maximum Gasteiger partial charge on any atom is 0.258 e. The fourth-order valence-corrected chi connectivity index (χ4v) is 3.16. The van der Waals surface area contributed by atoms with Gasteiger partial charge < -0.3 is 15.5 Å². The second kappa shape index (κ2) is 7.99. The van der Waals surface area contributed by atoms with E-state index in [9.17, 15) is 14.0 Å². The number of hydrogen-bond acceptors (Lipinski definition) is 3. The minimum absolute atomic E-state index is 0.107. The highest BCUT2D eigenvalue weighted by Gasteiger charge is 2.18. The molecule has 0 atom stereocenters. The summed E-state index contributed by atoms with van der Waals surface area (Å²) in [6.07, 6.45) is 3.46. The topological polar surface area (TPSA) is 61.4 Å². The Bertz CT molecular complexity index is 816. The molecule has 0 spiro atoms. The summed E-state index contributed by atoms with van der Waals surface area (Å²) in [5, 5.41) is 5.37. The van der Waals surface area contributed by atoms with Gasteiger partial charge in [-0.2, -0.15) is 0 Å². The molecule has 2 aromatic rings. The number of nitrogens with zero attached hydrogens (tertiary/aromatic N) is 1. The van der Waals surface area contributed by atoms with Gasteiger partial charge in [0.05, 0.1) is 16.9 Å². The lowest BCUT2D eigenvalue weighted by atomic mass is 10.1. The number of anilines is 3. The molecule has 1 fully saturated rings. The zero-order chi connectivity index (χ0) is 18.5. The molecule has 2 N–H and O–H groups in total. The number of rotatable bonds is 4. The van der Waals surface area contributed by atoms with Crippen molar-refractivity contribution in [2.75, 3.05) is 28.6 Å². The van der Waals surface area contributed by atoms with Crippen molar-refractivity contribution in [3.8, 4) is 0 Å². The molecule has 2 amide bonds. The van der Waals surface area contributed by atoms with Crippen molar-refractivity contribution < 1.29 is 14.0 Å². The van der Waals surface area contributed by atoms with Gasteiger partial charge in [0.25, 0.3) is 5.91 Å². The summed E-state index contributed by atoms with van der Waals surface area (Å²) in [6, 6.07) is 11.5. The third kappa shape index (κ3) is 4.20. The van der Waals surface area contributed by atoms with Gasteiger partial charge in [-0.3, -0.25) is 9.59 Å². The Hall–Kier alpha value is -2.89. The van der Waals surface area contributed by atoms with Crippen molar-refractivity contribution in [2.24, 2.45) is 0 Å². The molecule has 3 rings (SSSR count). The molecule has 0 bridgehead atoms. The van der Waals surface area contributed by atoms with Crippen molar-refractivity contribution in [3.63, 3.8) is 0 Å². The molecule has 0 radical (unpaired) electrons. The normalized spacial score (nSPS) is 14.0. The molecule has 0 aromatic heterocycles. The predicted octanol–water partition coefficient (Wildman–Crippen LogP) is 4.03. The van der Waals surface area contributed by atoms with Gasteiger partial charge in [0, 0.05) is 25.7 Å². The first-order valence-electron chi connectivity index (χ1n) is 8.77. The SMILES string of the molecule is CC(=O)Nc1ccc(F)c(C(=O)Nc2ccccc2N2CCCCC2)c1. The minimum Gasteiger partial charge on any atom is -0.370 e. The van der Waals surface area contributed by atoms with Crippen LogP contribution in [0.15, 0.2) is 42.5 Å². The van der Waals surface area contributed by atoms with E-state index in [1.165, 1.54) is 31.5 Å². The van der Waals surface area contributed by atoms with E-state index in [-0.39, 0.29) is 11.5 Å². The van der Waals surface area contributed by atoms with Crippen LogP contribution in [-0.4, -0.2) is 24.9 Å². The second-order valence-corrected chi connectivity index (χ2v) is 6.39. The highest BCUT2D eigenvalue weighted by Crippen LogP contribution is 2.29. The van der Waals surface area contributed by atoms with Crippen LogP contribution >= 0.6 is 0 Å². The summed E-state index contributed by atoms with van der Waals surface area (Å²) in [5.41, 5.74) is 1.88. The predicted molar refractivity (Wildman–Crippen MR) is 101 cm³/mol. The van der Waals surface area contributed by atoms with E-state index < -0.39 is 11.7 Å². The summed E-state index contributed by atoms with van der Waals surface area (Å²) in [5.74, 6) is -1.45. The number of carbonyl (C=O) groups excluding carboxylic acids is 2. The van der Waals surface area contributed by atoms with Crippen molar-refractivity contribution in [1.82, 2.24) is 0 Å². The standard InChI is InChI=1S/C20H22FN3O2/c1-14(25)22-15-9-10-17(21)16(13-15)20(26)23-18-7-3-4-8-19(18)24-11-5-2-6-12-24/h3-4,7-10,13H,2,5-6,11-12H2,1H3,(H,22,25)(H,23,26). The van der Waals surface area contributed by atoms with Crippen LogP contribution in [0.5, 0.6) is 0 Å². The van der Waals surface area contributed by atoms with Gasteiger partial charge in [0.1, 0.15) is 5.82 Å². The van der Waals surface area contributed by atoms with E-state index in [0.29, 0.717) is 11.4 Å². The first-order chi connectivity index (χ1) is 12.5. The van der Waals surface area contributed by atoms with Crippen LogP contribution < -0.4 is 15.5 Å². The molecule has 6 heteroatoms. The largest absolute Gasteiger partial charge is 0.370 e. The van der Waals surface area contributed by atoms with E-state index >= 15 is 0 Å². The van der Waals surface area contributed by atoms with Crippen LogP contribution in [0.3, 0.4) is 0 Å². The van der Waals surface area contributed by atoms with Crippen LogP contribution in [0.25, 0.3) is 0 Å². The molecular weight excluding hydrogens is 333 g/mol. The number of piperidine rings is 1. The van der Waals surface area contributed by atoms with Crippen LogP contribution in [-0.2, 0) is 4.79 Å². The lowest BCUT2D eigenvalue weighted by molar-refractivity contribution is -0.114. The average Bonchev–Trinajstić information content (AvgIpc) is 2.64. The van der Waals surface area contributed by atoms with Crippen molar-refractivity contribution in [1.29, 1.82) is 0 Å². The molecule has 0 saturated carbocycles. The third-order valence-corrected chi connectivity index (χ3v) is 4.38. The van der Waals surface area contributed by atoms with Crippen LogP contribution in [0, 0.1) is 5.82 Å². The Morgan fingerprint density at radius 2 is 1.73 bits per heavy atom. The Labute approximate surface area is 152 Å². The molecule has 1 heterocycles. The summed E-state index contributed by atoms with van der Waals surface area (Å²) < 4.78 is 14.1. The molecule has 1 aliphatic rings. The van der Waals surface area contributed by atoms with Gasteiger partial charge in [0.2, 0.25) is 5.91 Å². The highest BCUT2D eigenvalue weighted by atomic mass is 19.1. The van der Waals surface area contributed by atoms with E-state index in [1.807, 2.05) is 24.3 Å². The van der Waals surface area contributed by atoms with Gasteiger partial charge in [-0.25, -0.2) is 4.39 Å². The first-order valence-corrected chi connectivity index (χ1v) is 8.77. The summed E-state index contributed by atoms with van der Waals surface area (Å²) in [6.45, 7) is 3.25. The number of nitrogens with one attached hydrogen (secondary N) is 2. The molecule has 26 heavy (non-hydrogen) atoms. The summed E-state index contributed by atoms with van der Waals surface area (Å²) in [7, 11) is 0. The minimum atomic E-state index is -0.632. The molecule has 0 aliphatic carbocycles. The molecule has 5 nitrogen and oxygen atoms in total. The third-order valence-electron chi connectivity index (χ3n) is 4.38. The lowest BCUT2D eigenvalue weighted by Gasteiger charge is -2.30. The smallest absolute Gasteiger partial charge is 0.258 e. The molecule has 1 aliphatic heterocycles. The average molecular weight is 355 g/mol. The van der Waals surface area contributed by atoms with Crippen molar-refractivity contribution in [2.45, 2.75) is 26.2 Å². The number of hydrogen-bond donors (Lipinski definition) is 2. The fourth-order valence-electron chi connectivity index (χ4n) is 3.16. The monoisotopic (exact) mass is 355 g/mol. The van der Waals surface area contributed by atoms with Gasteiger partial charge in [-0.05, 0) is 49.6 Å². The van der Waals surface area contributed by atoms with E-state index in [1.54, 1.807) is 0 Å². The summed E-state index contributed by atoms with van der Waals surface area (Å²) >= 11 is 0. The number of halogens is 1. The molecule has 136 valence electrons. The molecule has 1 saturated heterocycles. The molecular formula is C20H22FN3O2. The maximum absolute atomic E-state index is 14.1. The zero-order valence-electron chi connectivity index (χ0n) is 14.7. The number of carbonyl (C=O) groups is 2. The Morgan fingerprint density at radius 3 is 2.46 bits per heavy atom. The Morgan fingerprint density at radius 1 is 1.00 bits per heavy atom. The number of amides is 2. The Balaban J connectivity index is 1.83. The molecule has 0 unspecified atom stereocenters. The van der Waals surface area contributed by atoms with E-state index in [2.05, 4.69) is 15.5 Å². The van der Waals surface area contributed by atoms with E-state index in [0.717, 1.165) is 31.6 Å². The van der Waals surface area contributed by atoms with Crippen LogP contribution in [0.4, 0.5) is 21.5 Å². The van der Waals surface area contributed by atoms with Crippen molar-refractivity contribution in [3.05, 3.63) is 53.8 Å². The quantitative estimate of drug-likeness (QED) is 0.870. The van der Waals surface area contributed by atoms with Gasteiger partial charge in [-0.15, -0.1) is 0 Å². The summed E-state index contributed by atoms with van der Waals surface area (Å²) in [4.78, 5) is 26.0. The van der Waals surface area contributed by atoms with Crippen molar-refractivity contribution >= 4 is 28.9 Å². The fraction of sp³-hybridized carbons (Fsp3) is 0.300. The zero-order valence-corrected chi connectivity index (χ0v) is 14.7. The Kier molecular flexibility index (Phi) is 5.51. The van der Waals surface area contributed by atoms with Gasteiger partial charge >= 0.3 is 0 Å². The van der Waals surface area contributed by atoms with Crippen LogP contribution in [0.2, 0.25) is 0 Å². The highest BCUT2D eigenvalue weighted by molar-refractivity contribution is 6.07. The van der Waals surface area contributed by atoms with Crippen LogP contribution in [0.1, 0.15) is 36.5 Å². The number of benzene rings is 2. The first kappa shape index (κ1) is 17.9. The van der Waals surface area contributed by atoms with Gasteiger partial charge in [0.15, 0.2) is 0 Å². The number of para-hydroxylation sites is 2.